The van der Waals surface area contributed by atoms with Gasteiger partial charge >= 0.3 is 12.1 Å². The third-order valence-corrected chi connectivity index (χ3v) is 6.27. The van der Waals surface area contributed by atoms with Crippen LogP contribution in [-0.2, 0) is 14.3 Å². The largest absolute Gasteiger partial charge is 0.478 e. The van der Waals surface area contributed by atoms with E-state index in [-0.39, 0.29) is 18.4 Å². The van der Waals surface area contributed by atoms with Crippen LogP contribution in [0.2, 0.25) is 0 Å². The summed E-state index contributed by atoms with van der Waals surface area (Å²) in [4.78, 5) is 37.1. The van der Waals surface area contributed by atoms with Crippen LogP contribution >= 0.6 is 0 Å². The molecule has 0 atom stereocenters. The molecule has 0 saturated carbocycles. The number of amides is 2. The molecule has 2 aliphatic rings. The van der Waals surface area contributed by atoms with Crippen LogP contribution in [0.3, 0.4) is 0 Å². The fourth-order valence-corrected chi connectivity index (χ4v) is 4.49. The molecule has 1 aliphatic heterocycles. The summed E-state index contributed by atoms with van der Waals surface area (Å²) >= 11 is 0. The number of carboxylic acids is 1. The second-order valence-electron chi connectivity index (χ2n) is 8.33. The molecule has 33 heavy (non-hydrogen) atoms. The Kier molecular flexibility index (Phi) is 7.07. The molecule has 0 spiro atoms. The second-order valence-corrected chi connectivity index (χ2v) is 8.33. The van der Waals surface area contributed by atoms with Gasteiger partial charge in [-0.25, -0.2) is 9.59 Å². The number of rotatable bonds is 8. The van der Waals surface area contributed by atoms with Crippen LogP contribution in [0.25, 0.3) is 11.1 Å². The van der Waals surface area contributed by atoms with E-state index in [0.717, 1.165) is 0 Å². The van der Waals surface area contributed by atoms with Gasteiger partial charge in [0, 0.05) is 37.5 Å². The fourth-order valence-electron chi connectivity index (χ4n) is 4.49. The lowest BCUT2D eigenvalue weighted by atomic mass is 9.98. The summed E-state index contributed by atoms with van der Waals surface area (Å²) in [6, 6.07) is 16.4. The maximum atomic E-state index is 12.3. The van der Waals surface area contributed by atoms with Gasteiger partial charge in [0.1, 0.15) is 6.61 Å². The number of alkyl carbamates (subject to hydrolysis) is 1. The zero-order valence-electron chi connectivity index (χ0n) is 18.5. The molecule has 0 saturated heterocycles. The average Bonchev–Trinajstić information content (AvgIpc) is 3.16. The van der Waals surface area contributed by atoms with Gasteiger partial charge in [0.2, 0.25) is 5.91 Å². The molecule has 2 aromatic rings. The van der Waals surface area contributed by atoms with Crippen LogP contribution in [0.4, 0.5) is 4.79 Å². The molecule has 0 fully saturated rings. The highest BCUT2D eigenvalue weighted by molar-refractivity contribution is 5.87. The molecule has 1 heterocycles. The summed E-state index contributed by atoms with van der Waals surface area (Å²) in [5, 5.41) is 11.7. The van der Waals surface area contributed by atoms with Crippen molar-refractivity contribution in [2.24, 2.45) is 0 Å². The van der Waals surface area contributed by atoms with Crippen LogP contribution in [0, 0.1) is 0 Å². The Balaban J connectivity index is 1.16. The van der Waals surface area contributed by atoms with Gasteiger partial charge in [-0.05, 0) is 41.5 Å². The van der Waals surface area contributed by atoms with E-state index in [0.29, 0.717) is 50.9 Å². The van der Waals surface area contributed by atoms with Crippen LogP contribution in [0.15, 0.2) is 60.2 Å². The van der Waals surface area contributed by atoms with Gasteiger partial charge < -0.3 is 20.1 Å². The summed E-state index contributed by atoms with van der Waals surface area (Å²) in [6.07, 6.45) is 3.22. The zero-order chi connectivity index (χ0) is 23.2. The number of aliphatic carboxylic acids is 1. The summed E-state index contributed by atoms with van der Waals surface area (Å²) < 4.78 is 5.51. The summed E-state index contributed by atoms with van der Waals surface area (Å²) in [5.41, 5.74) is 5.10. The van der Waals surface area contributed by atoms with E-state index in [1.54, 1.807) is 11.0 Å². The number of hydrogen-bond acceptors (Lipinski definition) is 4. The summed E-state index contributed by atoms with van der Waals surface area (Å²) in [7, 11) is 0. The van der Waals surface area contributed by atoms with E-state index in [1.807, 2.05) is 24.3 Å². The van der Waals surface area contributed by atoms with Crippen LogP contribution in [-0.4, -0.2) is 54.2 Å². The first-order valence-electron chi connectivity index (χ1n) is 11.3. The van der Waals surface area contributed by atoms with Crippen molar-refractivity contribution in [2.75, 3.05) is 26.2 Å². The standard InChI is InChI=1S/C26H28N2O5/c29-24(28-15-12-18(13-16-28)25(30)31)11-5-6-14-27-26(32)33-17-23-21-9-3-1-7-19(21)20-8-2-4-10-22(20)23/h1-4,7-10,12,23H,5-6,11,13-17H2,(H,27,32)(H,30,31). The van der Waals surface area contributed by atoms with Gasteiger partial charge in [0.25, 0.3) is 0 Å². The molecule has 0 radical (unpaired) electrons. The van der Waals surface area contributed by atoms with Crippen molar-refractivity contribution in [3.8, 4) is 11.1 Å². The van der Waals surface area contributed by atoms with Crippen molar-refractivity contribution in [3.05, 3.63) is 71.3 Å². The lowest BCUT2D eigenvalue weighted by Gasteiger charge is -2.25. The fraction of sp³-hybridized carbons (Fsp3) is 0.346. The van der Waals surface area contributed by atoms with E-state index in [4.69, 9.17) is 9.84 Å². The highest BCUT2D eigenvalue weighted by atomic mass is 16.5. The van der Waals surface area contributed by atoms with Crippen molar-refractivity contribution in [1.29, 1.82) is 0 Å². The Hall–Kier alpha value is -3.61. The van der Waals surface area contributed by atoms with Crippen molar-refractivity contribution >= 4 is 18.0 Å². The maximum absolute atomic E-state index is 12.3. The minimum Gasteiger partial charge on any atom is -0.478 e. The van der Waals surface area contributed by atoms with Crippen molar-refractivity contribution in [1.82, 2.24) is 10.2 Å². The predicted molar refractivity (Wildman–Crippen MR) is 124 cm³/mol. The highest BCUT2D eigenvalue weighted by Gasteiger charge is 2.29. The Morgan fingerprint density at radius 1 is 1.00 bits per heavy atom. The lowest BCUT2D eigenvalue weighted by Crippen LogP contribution is -2.35. The Morgan fingerprint density at radius 3 is 2.27 bits per heavy atom. The topological polar surface area (TPSA) is 95.9 Å². The number of carbonyl (C=O) groups excluding carboxylic acids is 2. The molecule has 0 aromatic heterocycles. The molecule has 4 rings (SSSR count). The molecule has 2 N–H and O–H groups in total. The minimum atomic E-state index is -0.915. The van der Waals surface area contributed by atoms with Gasteiger partial charge in [-0.15, -0.1) is 0 Å². The van der Waals surface area contributed by atoms with Crippen LogP contribution < -0.4 is 5.32 Å². The van der Waals surface area contributed by atoms with Gasteiger partial charge in [0.05, 0.1) is 0 Å². The third kappa shape index (κ3) is 5.25. The molecule has 7 heteroatoms. The zero-order valence-corrected chi connectivity index (χ0v) is 18.5. The van der Waals surface area contributed by atoms with Gasteiger partial charge in [-0.2, -0.15) is 0 Å². The first-order valence-corrected chi connectivity index (χ1v) is 11.3. The predicted octanol–water partition coefficient (Wildman–Crippen LogP) is 3.94. The van der Waals surface area contributed by atoms with E-state index >= 15 is 0 Å². The molecular formula is C26H28N2O5. The third-order valence-electron chi connectivity index (χ3n) is 6.27. The van der Waals surface area contributed by atoms with E-state index in [2.05, 4.69) is 29.6 Å². The monoisotopic (exact) mass is 448 g/mol. The molecule has 0 unspecified atom stereocenters. The second kappa shape index (κ2) is 10.3. The number of carboxylic acid groups (broad SMARTS) is 1. The molecule has 2 aromatic carbocycles. The number of unbranched alkanes of at least 4 members (excludes halogenated alkanes) is 1. The number of benzene rings is 2. The van der Waals surface area contributed by atoms with Gasteiger partial charge in [-0.1, -0.05) is 54.6 Å². The normalized spacial score (nSPS) is 14.8. The van der Waals surface area contributed by atoms with Gasteiger partial charge in [-0.3, -0.25) is 4.79 Å². The first-order chi connectivity index (χ1) is 16.0. The molecular weight excluding hydrogens is 420 g/mol. The quantitative estimate of drug-likeness (QED) is 0.597. The molecule has 2 amide bonds. The van der Waals surface area contributed by atoms with E-state index in [9.17, 15) is 14.4 Å². The number of ether oxygens (including phenoxy) is 1. The van der Waals surface area contributed by atoms with Crippen molar-refractivity contribution in [3.63, 3.8) is 0 Å². The SMILES string of the molecule is O=C(NCCCCC(=O)N1CC=C(C(=O)O)CC1)OCC1c2ccccc2-c2ccccc21. The molecule has 1 aliphatic carbocycles. The maximum Gasteiger partial charge on any atom is 0.407 e. The number of hydrogen-bond donors (Lipinski definition) is 2. The Morgan fingerprint density at radius 2 is 1.67 bits per heavy atom. The smallest absolute Gasteiger partial charge is 0.407 e. The molecule has 172 valence electrons. The number of nitrogens with one attached hydrogen (secondary N) is 1. The van der Waals surface area contributed by atoms with E-state index < -0.39 is 12.1 Å². The van der Waals surface area contributed by atoms with Crippen molar-refractivity contribution < 1.29 is 24.2 Å². The van der Waals surface area contributed by atoms with Gasteiger partial charge in [0.15, 0.2) is 0 Å². The van der Waals surface area contributed by atoms with Crippen LogP contribution in [0.1, 0.15) is 42.7 Å². The van der Waals surface area contributed by atoms with Crippen LogP contribution in [0.5, 0.6) is 0 Å². The van der Waals surface area contributed by atoms with E-state index in [1.165, 1.54) is 22.3 Å². The molecule has 7 nitrogen and oxygen atoms in total. The molecule has 0 bridgehead atoms. The number of carbonyl (C=O) groups is 3. The summed E-state index contributed by atoms with van der Waals surface area (Å²) in [5.74, 6) is -0.876. The summed E-state index contributed by atoms with van der Waals surface area (Å²) in [6.45, 7) is 1.50. The highest BCUT2D eigenvalue weighted by Crippen LogP contribution is 2.44. The number of fused-ring (bicyclic) bond motifs is 3. The average molecular weight is 449 g/mol. The minimum absolute atomic E-state index is 0.0110. The number of nitrogens with zero attached hydrogens (tertiary/aromatic N) is 1. The Labute approximate surface area is 193 Å². The van der Waals surface area contributed by atoms with Crippen molar-refractivity contribution in [2.45, 2.75) is 31.6 Å². The lowest BCUT2D eigenvalue weighted by molar-refractivity contribution is -0.135. The first kappa shape index (κ1) is 22.6. The Bertz CT molecular complexity index is 1030.